The van der Waals surface area contributed by atoms with Gasteiger partial charge in [-0.1, -0.05) is 12.1 Å². The van der Waals surface area contributed by atoms with E-state index in [2.05, 4.69) is 26.1 Å². The second-order valence-corrected chi connectivity index (χ2v) is 7.52. The second kappa shape index (κ2) is 7.78. The van der Waals surface area contributed by atoms with Crippen LogP contribution in [0.2, 0.25) is 0 Å². The lowest BCUT2D eigenvalue weighted by atomic mass is 10.2. The van der Waals surface area contributed by atoms with Crippen molar-refractivity contribution in [3.05, 3.63) is 58.1 Å². The Morgan fingerprint density at radius 3 is 2.67 bits per heavy atom. The smallest absolute Gasteiger partial charge is 0.274 e. The highest BCUT2D eigenvalue weighted by molar-refractivity contribution is 9.10. The number of aryl methyl sites for hydroxylation is 1. The van der Waals surface area contributed by atoms with Crippen LogP contribution in [-0.2, 0) is 14.9 Å². The van der Waals surface area contributed by atoms with E-state index in [1.54, 1.807) is 19.1 Å². The summed E-state index contributed by atoms with van der Waals surface area (Å²) in [5.41, 5.74) is 3.77. The number of hydrogen-bond donors (Lipinski definition) is 2. The van der Waals surface area contributed by atoms with Crippen LogP contribution in [0.25, 0.3) is 0 Å². The number of hydrogen-bond acceptors (Lipinski definition) is 4. The summed E-state index contributed by atoms with van der Waals surface area (Å²) in [5, 5.41) is 0. The molecular formula is C16H17BrN2O4S. The van der Waals surface area contributed by atoms with Crippen molar-refractivity contribution in [2.24, 2.45) is 0 Å². The molecule has 1 amide bonds. The highest BCUT2D eigenvalue weighted by Gasteiger charge is 2.18. The van der Waals surface area contributed by atoms with Crippen molar-refractivity contribution in [1.82, 2.24) is 5.48 Å². The average Bonchev–Trinajstić information content (AvgIpc) is 2.56. The maximum absolute atomic E-state index is 12.6. The molecule has 0 bridgehead atoms. The molecule has 0 unspecified atom stereocenters. The van der Waals surface area contributed by atoms with Gasteiger partial charge >= 0.3 is 0 Å². The number of sulfonamides is 1. The fraction of sp³-hybridized carbons (Fsp3) is 0.188. The van der Waals surface area contributed by atoms with Crippen LogP contribution in [0.4, 0.5) is 5.69 Å². The van der Waals surface area contributed by atoms with Crippen LogP contribution in [0, 0.1) is 6.92 Å². The highest BCUT2D eigenvalue weighted by Crippen LogP contribution is 2.26. The van der Waals surface area contributed by atoms with Crippen LogP contribution in [0.1, 0.15) is 22.8 Å². The van der Waals surface area contributed by atoms with Gasteiger partial charge in [0.1, 0.15) is 0 Å². The molecule has 128 valence electrons. The Hall–Kier alpha value is -1.90. The van der Waals surface area contributed by atoms with E-state index < -0.39 is 15.9 Å². The molecule has 0 aliphatic rings. The van der Waals surface area contributed by atoms with E-state index in [1.165, 1.54) is 24.3 Å². The minimum atomic E-state index is -3.83. The maximum Gasteiger partial charge on any atom is 0.274 e. The molecule has 0 aliphatic heterocycles. The topological polar surface area (TPSA) is 84.5 Å². The predicted octanol–water partition coefficient (Wildman–Crippen LogP) is 3.24. The summed E-state index contributed by atoms with van der Waals surface area (Å²) in [5.74, 6) is -0.509. The van der Waals surface area contributed by atoms with Gasteiger partial charge in [0.15, 0.2) is 0 Å². The van der Waals surface area contributed by atoms with Gasteiger partial charge in [-0.25, -0.2) is 13.9 Å². The van der Waals surface area contributed by atoms with Gasteiger partial charge in [0.05, 0.1) is 17.2 Å². The summed E-state index contributed by atoms with van der Waals surface area (Å²) < 4.78 is 28.3. The van der Waals surface area contributed by atoms with Crippen LogP contribution in [0.15, 0.2) is 51.8 Å². The Labute approximate surface area is 149 Å². The number of amides is 1. The lowest BCUT2D eigenvalue weighted by Gasteiger charge is -2.11. The number of carbonyl (C=O) groups excluding carboxylic acids is 1. The first-order valence-electron chi connectivity index (χ1n) is 7.14. The van der Waals surface area contributed by atoms with Crippen LogP contribution >= 0.6 is 15.9 Å². The first-order valence-corrected chi connectivity index (χ1v) is 9.42. The van der Waals surface area contributed by atoms with Gasteiger partial charge in [0, 0.05) is 10.0 Å². The number of carbonyl (C=O) groups is 1. The minimum absolute atomic E-state index is 0.0138. The summed E-state index contributed by atoms with van der Waals surface area (Å²) in [7, 11) is -3.83. The normalized spacial score (nSPS) is 11.1. The zero-order valence-electron chi connectivity index (χ0n) is 13.2. The summed E-state index contributed by atoms with van der Waals surface area (Å²) >= 11 is 3.31. The summed E-state index contributed by atoms with van der Waals surface area (Å²) in [6.45, 7) is 3.90. The molecule has 0 atom stereocenters. The molecule has 0 saturated carbocycles. The fourth-order valence-corrected chi connectivity index (χ4v) is 3.52. The molecule has 2 aromatic rings. The third-order valence-corrected chi connectivity index (χ3v) is 5.14. The molecular weight excluding hydrogens is 396 g/mol. The zero-order chi connectivity index (χ0) is 17.7. The molecule has 2 N–H and O–H groups in total. The number of hydroxylamine groups is 1. The van der Waals surface area contributed by atoms with Crippen molar-refractivity contribution in [2.45, 2.75) is 18.7 Å². The van der Waals surface area contributed by atoms with Crippen molar-refractivity contribution in [2.75, 3.05) is 11.3 Å². The molecule has 0 radical (unpaired) electrons. The Morgan fingerprint density at radius 2 is 1.96 bits per heavy atom. The summed E-state index contributed by atoms with van der Waals surface area (Å²) in [4.78, 5) is 16.7. The van der Waals surface area contributed by atoms with E-state index in [0.717, 1.165) is 5.56 Å². The fourth-order valence-electron chi connectivity index (χ4n) is 1.92. The third kappa shape index (κ3) is 4.56. The van der Waals surface area contributed by atoms with Gasteiger partial charge in [0.2, 0.25) is 0 Å². The van der Waals surface area contributed by atoms with Gasteiger partial charge in [-0.15, -0.1) is 0 Å². The molecule has 0 aromatic heterocycles. The maximum atomic E-state index is 12.6. The number of nitrogens with one attached hydrogen (secondary N) is 2. The molecule has 0 aliphatic carbocycles. The lowest BCUT2D eigenvalue weighted by Crippen LogP contribution is -2.24. The van der Waals surface area contributed by atoms with E-state index in [9.17, 15) is 13.2 Å². The number of anilines is 1. The molecule has 6 nitrogen and oxygen atoms in total. The Bertz CT molecular complexity index is 853. The van der Waals surface area contributed by atoms with Gasteiger partial charge < -0.3 is 0 Å². The molecule has 0 heterocycles. The quantitative estimate of drug-likeness (QED) is 0.713. The first kappa shape index (κ1) is 18.4. The van der Waals surface area contributed by atoms with Gasteiger partial charge in [-0.05, 0) is 65.7 Å². The summed E-state index contributed by atoms with van der Waals surface area (Å²) in [6.07, 6.45) is 0. The molecule has 0 fully saturated rings. The second-order valence-electron chi connectivity index (χ2n) is 4.98. The van der Waals surface area contributed by atoms with Crippen molar-refractivity contribution < 1.29 is 18.0 Å². The molecule has 2 rings (SSSR count). The molecule has 2 aromatic carbocycles. The molecule has 8 heteroatoms. The van der Waals surface area contributed by atoms with Crippen LogP contribution in [0.3, 0.4) is 0 Å². The van der Waals surface area contributed by atoms with Crippen molar-refractivity contribution in [3.63, 3.8) is 0 Å². The van der Waals surface area contributed by atoms with Gasteiger partial charge in [-0.3, -0.25) is 14.4 Å². The highest BCUT2D eigenvalue weighted by atomic mass is 79.9. The Balaban J connectivity index is 2.29. The number of halogens is 1. The molecule has 0 spiro atoms. The van der Waals surface area contributed by atoms with Crippen LogP contribution in [-0.4, -0.2) is 20.9 Å². The first-order chi connectivity index (χ1) is 11.3. The summed E-state index contributed by atoms with van der Waals surface area (Å²) in [6, 6.07) is 11.1. The van der Waals surface area contributed by atoms with Crippen molar-refractivity contribution in [1.29, 1.82) is 0 Å². The van der Waals surface area contributed by atoms with Crippen LogP contribution < -0.4 is 10.2 Å². The molecule has 0 saturated heterocycles. The molecule has 24 heavy (non-hydrogen) atoms. The Morgan fingerprint density at radius 1 is 1.21 bits per heavy atom. The van der Waals surface area contributed by atoms with Crippen molar-refractivity contribution >= 4 is 37.5 Å². The Kier molecular flexibility index (Phi) is 5.98. The van der Waals surface area contributed by atoms with E-state index >= 15 is 0 Å². The van der Waals surface area contributed by atoms with Crippen LogP contribution in [0.5, 0.6) is 0 Å². The minimum Gasteiger partial charge on any atom is -0.278 e. The van der Waals surface area contributed by atoms with Gasteiger partial charge in [-0.2, -0.15) is 0 Å². The zero-order valence-corrected chi connectivity index (χ0v) is 15.6. The number of benzene rings is 2. The third-order valence-electron chi connectivity index (χ3n) is 3.08. The van der Waals surface area contributed by atoms with Crippen molar-refractivity contribution in [3.8, 4) is 0 Å². The lowest BCUT2D eigenvalue weighted by molar-refractivity contribution is 0.0364. The van der Waals surface area contributed by atoms with E-state index in [-0.39, 0.29) is 10.5 Å². The van der Waals surface area contributed by atoms with E-state index in [1.807, 2.05) is 13.0 Å². The van der Waals surface area contributed by atoms with E-state index in [4.69, 9.17) is 4.84 Å². The average molecular weight is 413 g/mol. The van der Waals surface area contributed by atoms with Gasteiger partial charge in [0.25, 0.3) is 15.9 Å². The number of rotatable bonds is 6. The monoisotopic (exact) mass is 412 g/mol. The SMILES string of the molecule is CCONC(=O)c1cccc(S(=O)(=O)Nc2cc(C)ccc2Br)c1. The van der Waals surface area contributed by atoms with E-state index in [0.29, 0.717) is 16.8 Å². The predicted molar refractivity (Wildman–Crippen MR) is 95.2 cm³/mol. The standard InChI is InChI=1S/C16H17BrN2O4S/c1-3-23-18-16(20)12-5-4-6-13(10-12)24(21,22)19-15-9-11(2)7-8-14(15)17/h4-10,19H,3H2,1-2H3,(H,18,20). The largest absolute Gasteiger partial charge is 0.278 e.